The molecule has 0 fully saturated rings. The van der Waals surface area contributed by atoms with Gasteiger partial charge in [0.1, 0.15) is 16.5 Å². The molecule has 0 saturated heterocycles. The Bertz CT molecular complexity index is 645. The second-order valence-electron chi connectivity index (χ2n) is 4.15. The third-order valence-corrected chi connectivity index (χ3v) is 4.23. The highest BCUT2D eigenvalue weighted by atomic mass is 32.2. The molecule has 1 aromatic heterocycles. The number of thiazole rings is 1. The molecule has 1 heterocycles. The van der Waals surface area contributed by atoms with Crippen LogP contribution in [0.1, 0.15) is 11.9 Å². The van der Waals surface area contributed by atoms with Crippen molar-refractivity contribution in [3.8, 4) is 17.0 Å². The van der Waals surface area contributed by atoms with Crippen LogP contribution in [0.3, 0.4) is 0 Å². The number of ether oxygens (including phenoxy) is 1. The predicted molar refractivity (Wildman–Crippen MR) is 77.3 cm³/mol. The summed E-state index contributed by atoms with van der Waals surface area (Å²) in [5.74, 6) is 0.812. The Morgan fingerprint density at radius 1 is 1.26 bits per heavy atom. The van der Waals surface area contributed by atoms with E-state index in [1.165, 1.54) is 17.6 Å². The van der Waals surface area contributed by atoms with Crippen LogP contribution < -0.4 is 4.74 Å². The quantitative estimate of drug-likeness (QED) is 0.851. The van der Waals surface area contributed by atoms with Gasteiger partial charge in [0.25, 0.3) is 0 Å². The van der Waals surface area contributed by atoms with E-state index in [-0.39, 0.29) is 5.75 Å². The average molecular weight is 297 g/mol. The highest BCUT2D eigenvalue weighted by molar-refractivity contribution is 7.90. The second kappa shape index (κ2) is 5.71. The molecule has 0 bridgehead atoms. The third-order valence-electron chi connectivity index (χ3n) is 2.40. The van der Waals surface area contributed by atoms with E-state index in [0.29, 0.717) is 11.6 Å². The van der Waals surface area contributed by atoms with Gasteiger partial charge < -0.3 is 4.74 Å². The molecule has 0 radical (unpaired) electrons. The fourth-order valence-corrected chi connectivity index (χ4v) is 3.64. The van der Waals surface area contributed by atoms with Crippen molar-refractivity contribution in [2.45, 2.75) is 12.7 Å². The summed E-state index contributed by atoms with van der Waals surface area (Å²) in [6.45, 7) is 2.57. The molecule has 0 N–H and O–H groups in total. The van der Waals surface area contributed by atoms with Gasteiger partial charge in [0, 0.05) is 17.2 Å². The number of hydrogen-bond acceptors (Lipinski definition) is 5. The normalized spacial score (nSPS) is 11.5. The lowest BCUT2D eigenvalue weighted by atomic mass is 10.2. The molecule has 1 aromatic carbocycles. The molecule has 102 valence electrons. The number of nitrogens with zero attached hydrogens (tertiary/aromatic N) is 1. The average Bonchev–Trinajstić information content (AvgIpc) is 2.76. The summed E-state index contributed by atoms with van der Waals surface area (Å²) < 4.78 is 27.8. The van der Waals surface area contributed by atoms with E-state index in [1.54, 1.807) is 0 Å². The molecule has 4 nitrogen and oxygen atoms in total. The van der Waals surface area contributed by atoms with Gasteiger partial charge in [-0.2, -0.15) is 0 Å². The summed E-state index contributed by atoms with van der Waals surface area (Å²) in [6, 6.07) is 7.61. The molecule has 0 aliphatic rings. The Kier molecular flexibility index (Phi) is 4.21. The zero-order valence-electron chi connectivity index (χ0n) is 10.8. The van der Waals surface area contributed by atoms with Gasteiger partial charge in [0.05, 0.1) is 12.3 Å². The molecule has 2 rings (SSSR count). The van der Waals surface area contributed by atoms with Crippen LogP contribution in [0.15, 0.2) is 29.6 Å². The minimum atomic E-state index is -3.03. The summed E-state index contributed by atoms with van der Waals surface area (Å²) in [7, 11) is -3.03. The van der Waals surface area contributed by atoms with Gasteiger partial charge in [-0.1, -0.05) is 0 Å². The SMILES string of the molecule is CCOc1ccc(-c2csc(CS(C)(=O)=O)n2)cc1. The van der Waals surface area contributed by atoms with Crippen molar-refractivity contribution < 1.29 is 13.2 Å². The van der Waals surface area contributed by atoms with Gasteiger partial charge in [0.2, 0.25) is 0 Å². The molecule has 0 amide bonds. The van der Waals surface area contributed by atoms with Crippen molar-refractivity contribution in [3.63, 3.8) is 0 Å². The van der Waals surface area contributed by atoms with E-state index in [4.69, 9.17) is 4.74 Å². The van der Waals surface area contributed by atoms with Crippen molar-refractivity contribution >= 4 is 21.2 Å². The van der Waals surface area contributed by atoms with Crippen LogP contribution in [0.4, 0.5) is 0 Å². The van der Waals surface area contributed by atoms with Gasteiger partial charge in [-0.25, -0.2) is 13.4 Å². The van der Waals surface area contributed by atoms with Crippen LogP contribution in [-0.4, -0.2) is 26.3 Å². The van der Waals surface area contributed by atoms with Crippen LogP contribution in [0.25, 0.3) is 11.3 Å². The minimum absolute atomic E-state index is 0.00526. The molecule has 0 unspecified atom stereocenters. The fraction of sp³-hybridized carbons (Fsp3) is 0.308. The van der Waals surface area contributed by atoms with Crippen LogP contribution in [0, 0.1) is 0 Å². The topological polar surface area (TPSA) is 56.3 Å². The number of benzene rings is 1. The van der Waals surface area contributed by atoms with E-state index >= 15 is 0 Å². The Hall–Kier alpha value is -1.40. The summed E-state index contributed by atoms with van der Waals surface area (Å²) in [6.07, 6.45) is 1.21. The minimum Gasteiger partial charge on any atom is -0.494 e. The lowest BCUT2D eigenvalue weighted by Gasteiger charge is -2.03. The molecular formula is C13H15NO3S2. The van der Waals surface area contributed by atoms with Gasteiger partial charge >= 0.3 is 0 Å². The Morgan fingerprint density at radius 2 is 1.95 bits per heavy atom. The maximum Gasteiger partial charge on any atom is 0.153 e. The number of rotatable bonds is 5. The second-order valence-corrected chi connectivity index (χ2v) is 7.24. The first-order valence-electron chi connectivity index (χ1n) is 5.83. The van der Waals surface area contributed by atoms with Crippen LogP contribution in [0.5, 0.6) is 5.75 Å². The van der Waals surface area contributed by atoms with Crippen LogP contribution in [-0.2, 0) is 15.6 Å². The molecule has 0 saturated carbocycles. The Labute approximate surface area is 117 Å². The Balaban J connectivity index is 2.18. The third kappa shape index (κ3) is 4.04. The van der Waals surface area contributed by atoms with Crippen LogP contribution in [0.2, 0.25) is 0 Å². The van der Waals surface area contributed by atoms with Gasteiger partial charge in [-0.05, 0) is 31.2 Å². The molecule has 2 aromatic rings. The molecular weight excluding hydrogens is 282 g/mol. The van der Waals surface area contributed by atoms with Crippen molar-refractivity contribution in [1.82, 2.24) is 4.98 Å². The summed E-state index contributed by atoms with van der Waals surface area (Å²) in [4.78, 5) is 4.34. The summed E-state index contributed by atoms with van der Waals surface area (Å²) in [5, 5.41) is 2.49. The van der Waals surface area contributed by atoms with E-state index in [9.17, 15) is 8.42 Å². The molecule has 19 heavy (non-hydrogen) atoms. The first-order valence-corrected chi connectivity index (χ1v) is 8.77. The van der Waals surface area contributed by atoms with Crippen molar-refractivity contribution in [2.24, 2.45) is 0 Å². The lowest BCUT2D eigenvalue weighted by Crippen LogP contribution is -1.99. The number of aromatic nitrogens is 1. The number of hydrogen-bond donors (Lipinski definition) is 0. The molecule has 0 atom stereocenters. The first kappa shape index (κ1) is 14.0. The van der Waals surface area contributed by atoms with Crippen LogP contribution >= 0.6 is 11.3 Å². The first-order chi connectivity index (χ1) is 8.98. The standard InChI is InChI=1S/C13H15NO3S2/c1-3-17-11-6-4-10(5-7-11)12-8-18-13(14-12)9-19(2,15)16/h4-8H,3,9H2,1-2H3. The zero-order valence-corrected chi connectivity index (χ0v) is 12.4. The predicted octanol–water partition coefficient (Wildman–Crippen LogP) is 2.75. The van der Waals surface area contributed by atoms with Gasteiger partial charge in [0.15, 0.2) is 9.84 Å². The van der Waals surface area contributed by atoms with E-state index in [1.807, 2.05) is 36.6 Å². The fourth-order valence-electron chi connectivity index (χ4n) is 1.62. The van der Waals surface area contributed by atoms with Crippen molar-refractivity contribution in [1.29, 1.82) is 0 Å². The van der Waals surface area contributed by atoms with E-state index in [2.05, 4.69) is 4.98 Å². The monoisotopic (exact) mass is 297 g/mol. The highest BCUT2D eigenvalue weighted by Crippen LogP contribution is 2.24. The van der Waals surface area contributed by atoms with Gasteiger partial charge in [-0.15, -0.1) is 11.3 Å². The lowest BCUT2D eigenvalue weighted by molar-refractivity contribution is 0.340. The largest absolute Gasteiger partial charge is 0.494 e. The molecule has 0 aliphatic heterocycles. The Morgan fingerprint density at radius 3 is 2.53 bits per heavy atom. The smallest absolute Gasteiger partial charge is 0.153 e. The maximum atomic E-state index is 11.2. The molecule has 0 aliphatic carbocycles. The highest BCUT2D eigenvalue weighted by Gasteiger charge is 2.10. The maximum absolute atomic E-state index is 11.2. The van der Waals surface area contributed by atoms with E-state index in [0.717, 1.165) is 17.0 Å². The molecule has 6 heteroatoms. The van der Waals surface area contributed by atoms with E-state index < -0.39 is 9.84 Å². The number of sulfone groups is 1. The summed E-state index contributed by atoms with van der Waals surface area (Å²) in [5.41, 5.74) is 1.76. The molecule has 0 spiro atoms. The van der Waals surface area contributed by atoms with Gasteiger partial charge in [-0.3, -0.25) is 0 Å². The zero-order chi connectivity index (χ0) is 13.9. The van der Waals surface area contributed by atoms with Crippen molar-refractivity contribution in [2.75, 3.05) is 12.9 Å². The summed E-state index contributed by atoms with van der Waals surface area (Å²) >= 11 is 1.36. The van der Waals surface area contributed by atoms with Crippen molar-refractivity contribution in [3.05, 3.63) is 34.7 Å².